The summed E-state index contributed by atoms with van der Waals surface area (Å²) >= 11 is 0. The zero-order valence-electron chi connectivity index (χ0n) is 26.2. The van der Waals surface area contributed by atoms with Crippen LogP contribution in [0.1, 0.15) is 152 Å². The number of hydrogen-bond donors (Lipinski definition) is 0. The van der Waals surface area contributed by atoms with Gasteiger partial charge in [-0.05, 0) is 133 Å². The molecule has 37 heavy (non-hydrogen) atoms. The normalized spacial score (nSPS) is 41.6. The molecule has 5 rings (SSSR count). The van der Waals surface area contributed by atoms with Crippen molar-refractivity contribution in [2.24, 2.45) is 27.1 Å². The molecule has 0 aromatic carbocycles. The molecule has 0 N–H and O–H groups in total. The molecule has 0 bridgehead atoms. The second-order valence-electron chi connectivity index (χ2n) is 16.8. The molecular weight excluding hydrogens is 452 g/mol. The number of carbonyl (C=O) groups is 1. The van der Waals surface area contributed by atoms with Crippen LogP contribution in [0.2, 0.25) is 0 Å². The highest BCUT2D eigenvalue weighted by molar-refractivity contribution is 5.84. The molecule has 4 saturated carbocycles. The first-order valence-corrected chi connectivity index (χ1v) is 16.2. The van der Waals surface area contributed by atoms with Crippen molar-refractivity contribution in [2.45, 2.75) is 169 Å². The molecule has 1 saturated heterocycles. The predicted octanol–water partition coefficient (Wildman–Crippen LogP) is 8.60. The summed E-state index contributed by atoms with van der Waals surface area (Å²) in [5.74, 6) is 0.561. The van der Waals surface area contributed by atoms with Crippen LogP contribution in [0.4, 0.5) is 0 Å². The third kappa shape index (κ3) is 3.77. The summed E-state index contributed by atoms with van der Waals surface area (Å²) < 4.78 is 0. The lowest BCUT2D eigenvalue weighted by Gasteiger charge is -2.77. The monoisotopic (exact) mass is 512 g/mol. The fraction of sp³-hybridized carbons (Fsp3) is 0.971. The third-order valence-corrected chi connectivity index (χ3v) is 14.4. The van der Waals surface area contributed by atoms with E-state index in [9.17, 15) is 0 Å². The van der Waals surface area contributed by atoms with Gasteiger partial charge in [-0.15, -0.1) is 0 Å². The van der Waals surface area contributed by atoms with Gasteiger partial charge in [-0.2, -0.15) is 0 Å². The number of hydrogen-bond acceptors (Lipinski definition) is 2. The Hall–Kier alpha value is -0.570. The Kier molecular flexibility index (Phi) is 6.59. The van der Waals surface area contributed by atoms with Crippen LogP contribution in [0.15, 0.2) is 0 Å². The minimum Gasteiger partial charge on any atom is -0.339 e. The van der Waals surface area contributed by atoms with E-state index in [1.165, 1.54) is 70.6 Å². The second-order valence-corrected chi connectivity index (χ2v) is 16.8. The molecule has 0 radical (unpaired) electrons. The van der Waals surface area contributed by atoms with Crippen molar-refractivity contribution >= 4 is 5.91 Å². The van der Waals surface area contributed by atoms with Crippen molar-refractivity contribution < 1.29 is 4.79 Å². The smallest absolute Gasteiger partial charge is 0.229 e. The minimum absolute atomic E-state index is 0.101. The van der Waals surface area contributed by atoms with E-state index in [0.29, 0.717) is 28.2 Å². The topological polar surface area (TPSA) is 23.6 Å². The highest BCUT2D eigenvalue weighted by atomic mass is 16.2. The van der Waals surface area contributed by atoms with Gasteiger partial charge in [-0.1, -0.05) is 47.0 Å². The van der Waals surface area contributed by atoms with E-state index in [-0.39, 0.29) is 21.9 Å². The Morgan fingerprint density at radius 3 is 1.73 bits per heavy atom. The summed E-state index contributed by atoms with van der Waals surface area (Å²) in [6.07, 6.45) is 19.1. The van der Waals surface area contributed by atoms with E-state index in [4.69, 9.17) is 0 Å². The predicted molar refractivity (Wildman–Crippen MR) is 156 cm³/mol. The summed E-state index contributed by atoms with van der Waals surface area (Å²) in [6, 6.07) is 0.351. The van der Waals surface area contributed by atoms with Crippen LogP contribution in [0, 0.1) is 27.1 Å². The molecule has 1 amide bonds. The molecule has 0 aromatic rings. The van der Waals surface area contributed by atoms with Crippen LogP contribution in [0.3, 0.4) is 0 Å². The molecule has 1 heterocycles. The largest absolute Gasteiger partial charge is 0.339 e. The Morgan fingerprint density at radius 1 is 0.811 bits per heavy atom. The van der Waals surface area contributed by atoms with E-state index >= 15 is 4.79 Å². The molecule has 5 aliphatic rings. The molecule has 0 aromatic heterocycles. The SMILES string of the molecule is CCCCCCN(C(=O)C(C)(CC12CCC1(C)CC2)C12CCC1(C)CC2)C1CC(C)(C)N(C)C(C)(C)C1. The molecule has 1 aliphatic heterocycles. The van der Waals surface area contributed by atoms with Gasteiger partial charge in [-0.25, -0.2) is 0 Å². The fourth-order valence-corrected chi connectivity index (χ4v) is 10.8. The van der Waals surface area contributed by atoms with Gasteiger partial charge in [0.1, 0.15) is 0 Å². The summed E-state index contributed by atoms with van der Waals surface area (Å²) in [7, 11) is 2.30. The van der Waals surface area contributed by atoms with Crippen LogP contribution in [-0.4, -0.2) is 46.4 Å². The standard InChI is InChI=1S/C34H60N2O/c1-10-11-12-13-22-36(26-23-28(2,3)35(9)29(4,5)24-26)27(37)32(8,34-20-16-31(34,7)17-21-34)25-33-18-14-30(33,6)15-19-33/h26H,10-25H2,1-9H3. The number of likely N-dealkylation sites (tertiary alicyclic amines) is 1. The summed E-state index contributed by atoms with van der Waals surface area (Å²) in [5.41, 5.74) is 1.60. The number of nitrogens with zero attached hydrogens (tertiary/aromatic N) is 2. The van der Waals surface area contributed by atoms with Crippen LogP contribution >= 0.6 is 0 Å². The van der Waals surface area contributed by atoms with E-state index in [1.54, 1.807) is 0 Å². The van der Waals surface area contributed by atoms with Crippen molar-refractivity contribution in [1.82, 2.24) is 9.80 Å². The quantitative estimate of drug-likeness (QED) is 0.274. The van der Waals surface area contributed by atoms with Crippen molar-refractivity contribution in [3.05, 3.63) is 0 Å². The molecule has 4 aliphatic carbocycles. The Balaban J connectivity index is 1.50. The van der Waals surface area contributed by atoms with Crippen molar-refractivity contribution in [1.29, 1.82) is 0 Å². The first kappa shape index (κ1) is 28.0. The number of unbranched alkanes of at least 4 members (excludes halogenated alkanes) is 3. The average molecular weight is 513 g/mol. The molecular formula is C34H60N2O. The van der Waals surface area contributed by atoms with E-state index in [2.05, 4.69) is 72.2 Å². The minimum atomic E-state index is -0.206. The van der Waals surface area contributed by atoms with Crippen LogP contribution in [0.25, 0.3) is 0 Å². The molecule has 0 spiro atoms. The van der Waals surface area contributed by atoms with Crippen molar-refractivity contribution in [3.63, 3.8) is 0 Å². The first-order valence-electron chi connectivity index (χ1n) is 16.2. The van der Waals surface area contributed by atoms with E-state index < -0.39 is 0 Å². The average Bonchev–Trinajstić information content (AvgIpc) is 2.83. The zero-order valence-corrected chi connectivity index (χ0v) is 26.2. The van der Waals surface area contributed by atoms with Crippen molar-refractivity contribution in [3.8, 4) is 0 Å². The highest BCUT2D eigenvalue weighted by Crippen LogP contribution is 2.81. The second kappa shape index (κ2) is 8.71. The lowest BCUT2D eigenvalue weighted by atomic mass is 9.27. The highest BCUT2D eigenvalue weighted by Gasteiger charge is 2.75. The van der Waals surface area contributed by atoms with E-state index in [0.717, 1.165) is 32.2 Å². The molecule has 1 unspecified atom stereocenters. The molecule has 3 nitrogen and oxygen atoms in total. The summed E-state index contributed by atoms with van der Waals surface area (Å²) in [4.78, 5) is 20.4. The zero-order chi connectivity index (χ0) is 27.1. The van der Waals surface area contributed by atoms with Gasteiger partial charge in [0.2, 0.25) is 5.91 Å². The third-order valence-electron chi connectivity index (χ3n) is 14.4. The van der Waals surface area contributed by atoms with Crippen molar-refractivity contribution in [2.75, 3.05) is 13.6 Å². The van der Waals surface area contributed by atoms with E-state index in [1.807, 2.05) is 0 Å². The van der Waals surface area contributed by atoms with Gasteiger partial charge in [0, 0.05) is 23.7 Å². The molecule has 3 heteroatoms. The maximum absolute atomic E-state index is 15.4. The first-order chi connectivity index (χ1) is 17.1. The maximum Gasteiger partial charge on any atom is 0.229 e. The number of amides is 1. The van der Waals surface area contributed by atoms with Gasteiger partial charge >= 0.3 is 0 Å². The van der Waals surface area contributed by atoms with Crippen LogP contribution in [-0.2, 0) is 4.79 Å². The molecule has 5 fully saturated rings. The number of rotatable bonds is 10. The Morgan fingerprint density at radius 2 is 1.35 bits per heavy atom. The molecule has 1 atom stereocenters. The summed E-state index contributed by atoms with van der Waals surface area (Å²) in [6.45, 7) is 20.4. The Labute approximate surface area is 229 Å². The van der Waals surface area contributed by atoms with Crippen LogP contribution < -0.4 is 0 Å². The number of piperidine rings is 1. The fourth-order valence-electron chi connectivity index (χ4n) is 10.8. The van der Waals surface area contributed by atoms with Gasteiger partial charge in [0.15, 0.2) is 0 Å². The van der Waals surface area contributed by atoms with Crippen LogP contribution in [0.5, 0.6) is 0 Å². The van der Waals surface area contributed by atoms with Gasteiger partial charge in [0.25, 0.3) is 0 Å². The summed E-state index contributed by atoms with van der Waals surface area (Å²) in [5, 5.41) is 0. The lowest BCUT2D eigenvalue weighted by Crippen LogP contribution is -2.73. The van der Waals surface area contributed by atoms with Gasteiger partial charge in [-0.3, -0.25) is 9.69 Å². The lowest BCUT2D eigenvalue weighted by molar-refractivity contribution is -0.273. The maximum atomic E-state index is 15.4. The van der Waals surface area contributed by atoms with Gasteiger partial charge in [0.05, 0.1) is 5.41 Å². The number of carbonyl (C=O) groups excluding carboxylic acids is 1. The molecule has 212 valence electrons. The van der Waals surface area contributed by atoms with Gasteiger partial charge < -0.3 is 4.90 Å². The number of fused-ring (bicyclic) bond motifs is 2. The Bertz CT molecular complexity index is 867.